The van der Waals surface area contributed by atoms with Crippen LogP contribution in [0.15, 0.2) is 30.6 Å². The maximum absolute atomic E-state index is 12.0. The first kappa shape index (κ1) is 11.6. The number of nitrogens with one attached hydrogen (secondary N) is 1. The van der Waals surface area contributed by atoms with E-state index in [1.807, 2.05) is 0 Å². The normalized spacial score (nSPS) is 10.6. The van der Waals surface area contributed by atoms with Crippen molar-refractivity contribution >= 4 is 27.9 Å². The fourth-order valence-corrected chi connectivity index (χ4v) is 2.25. The van der Waals surface area contributed by atoms with E-state index in [4.69, 9.17) is 4.74 Å². The number of carbonyl (C=O) groups excluding carboxylic acids is 1. The van der Waals surface area contributed by atoms with Gasteiger partial charge in [-0.1, -0.05) is 17.4 Å². The molecule has 0 bridgehead atoms. The summed E-state index contributed by atoms with van der Waals surface area (Å²) in [5.74, 6) is 0.389. The summed E-state index contributed by atoms with van der Waals surface area (Å²) in [5, 5.41) is 14.7. The number of ether oxygens (including phenoxy) is 1. The highest BCUT2D eigenvalue weighted by Crippen LogP contribution is 2.18. The van der Waals surface area contributed by atoms with Crippen LogP contribution < -0.4 is 10.1 Å². The van der Waals surface area contributed by atoms with E-state index in [1.165, 1.54) is 22.2 Å². The summed E-state index contributed by atoms with van der Waals surface area (Å²) in [6.07, 6.45) is 1.45. The Morgan fingerprint density at radius 2 is 2.37 bits per heavy atom. The Bertz CT molecular complexity index is 707. The molecule has 1 N–H and O–H groups in total. The van der Waals surface area contributed by atoms with Crippen LogP contribution in [0.4, 0.5) is 5.69 Å². The number of rotatable bonds is 3. The van der Waals surface area contributed by atoms with Crippen LogP contribution in [0.3, 0.4) is 0 Å². The van der Waals surface area contributed by atoms with Crippen molar-refractivity contribution in [2.45, 2.75) is 0 Å². The first-order valence-electron chi connectivity index (χ1n) is 5.38. The maximum Gasteiger partial charge on any atom is 0.286 e. The Hall–Kier alpha value is -2.48. The average molecular weight is 275 g/mol. The second-order valence-corrected chi connectivity index (χ2v) is 4.61. The van der Waals surface area contributed by atoms with Crippen molar-refractivity contribution in [3.05, 3.63) is 35.6 Å². The number of fused-ring (bicyclic) bond motifs is 1. The van der Waals surface area contributed by atoms with Gasteiger partial charge in [-0.05, 0) is 12.1 Å². The first-order chi connectivity index (χ1) is 9.26. The van der Waals surface area contributed by atoms with Crippen LogP contribution in [-0.2, 0) is 0 Å². The van der Waals surface area contributed by atoms with E-state index in [-0.39, 0.29) is 5.91 Å². The molecule has 0 spiro atoms. The smallest absolute Gasteiger partial charge is 0.286 e. The number of amides is 1. The van der Waals surface area contributed by atoms with Crippen LogP contribution in [0, 0.1) is 0 Å². The second-order valence-electron chi connectivity index (χ2n) is 3.65. The van der Waals surface area contributed by atoms with Crippen molar-refractivity contribution in [2.24, 2.45) is 0 Å². The molecule has 96 valence electrons. The highest BCUT2D eigenvalue weighted by Gasteiger charge is 2.13. The number of anilines is 1. The Morgan fingerprint density at radius 1 is 1.47 bits per heavy atom. The summed E-state index contributed by atoms with van der Waals surface area (Å²) in [6.45, 7) is 0. The molecule has 0 aliphatic heterocycles. The van der Waals surface area contributed by atoms with Gasteiger partial charge in [0.2, 0.25) is 9.97 Å². The van der Waals surface area contributed by atoms with Crippen molar-refractivity contribution in [1.29, 1.82) is 0 Å². The van der Waals surface area contributed by atoms with Gasteiger partial charge < -0.3 is 10.1 Å². The van der Waals surface area contributed by atoms with Crippen LogP contribution in [0.25, 0.3) is 4.96 Å². The minimum atomic E-state index is -0.288. The minimum absolute atomic E-state index is 0.288. The average Bonchev–Trinajstić information content (AvgIpc) is 2.99. The van der Waals surface area contributed by atoms with Gasteiger partial charge in [-0.3, -0.25) is 4.79 Å². The fraction of sp³-hybridized carbons (Fsp3) is 0.0909. The molecule has 1 amide bonds. The summed E-state index contributed by atoms with van der Waals surface area (Å²) in [6, 6.07) is 7.12. The van der Waals surface area contributed by atoms with Gasteiger partial charge in [-0.15, -0.1) is 15.3 Å². The van der Waals surface area contributed by atoms with E-state index in [9.17, 15) is 4.79 Å². The molecule has 0 radical (unpaired) electrons. The lowest BCUT2D eigenvalue weighted by molar-refractivity contribution is 0.102. The van der Waals surface area contributed by atoms with Gasteiger partial charge in [0.25, 0.3) is 5.91 Å². The quantitative estimate of drug-likeness (QED) is 0.782. The van der Waals surface area contributed by atoms with E-state index in [0.29, 0.717) is 21.4 Å². The number of aromatic nitrogens is 4. The molecule has 2 heterocycles. The Labute approximate surface area is 111 Å². The molecule has 0 aliphatic rings. The molecule has 3 rings (SSSR count). The topological polar surface area (TPSA) is 81.4 Å². The van der Waals surface area contributed by atoms with Crippen LogP contribution >= 0.6 is 11.3 Å². The summed E-state index contributed by atoms with van der Waals surface area (Å²) in [7, 11) is 1.57. The molecule has 7 nitrogen and oxygen atoms in total. The molecule has 1 aromatic carbocycles. The third kappa shape index (κ3) is 2.25. The van der Waals surface area contributed by atoms with E-state index in [2.05, 4.69) is 20.6 Å². The molecule has 19 heavy (non-hydrogen) atoms. The van der Waals surface area contributed by atoms with Crippen molar-refractivity contribution in [3.63, 3.8) is 0 Å². The SMILES string of the molecule is COc1cccc(NC(=O)c2nn3cnnc3s2)c1. The Morgan fingerprint density at radius 3 is 3.16 bits per heavy atom. The Balaban J connectivity index is 1.82. The fourth-order valence-electron chi connectivity index (χ4n) is 1.54. The third-order valence-electron chi connectivity index (χ3n) is 2.41. The first-order valence-corrected chi connectivity index (χ1v) is 6.20. The molecule has 0 atom stereocenters. The van der Waals surface area contributed by atoms with E-state index >= 15 is 0 Å². The molecule has 0 aliphatic carbocycles. The lowest BCUT2D eigenvalue weighted by atomic mass is 10.3. The second kappa shape index (κ2) is 4.65. The van der Waals surface area contributed by atoms with Crippen molar-refractivity contribution in [2.75, 3.05) is 12.4 Å². The van der Waals surface area contributed by atoms with Gasteiger partial charge in [0.05, 0.1) is 7.11 Å². The zero-order valence-electron chi connectivity index (χ0n) is 9.90. The van der Waals surface area contributed by atoms with Crippen molar-refractivity contribution < 1.29 is 9.53 Å². The lowest BCUT2D eigenvalue weighted by Crippen LogP contribution is -2.11. The summed E-state index contributed by atoms with van der Waals surface area (Å²) < 4.78 is 6.55. The van der Waals surface area contributed by atoms with Crippen LogP contribution in [0.5, 0.6) is 5.75 Å². The number of benzene rings is 1. The highest BCUT2D eigenvalue weighted by molar-refractivity contribution is 7.18. The zero-order chi connectivity index (χ0) is 13.2. The van der Waals surface area contributed by atoms with Gasteiger partial charge in [-0.2, -0.15) is 4.52 Å². The van der Waals surface area contributed by atoms with Gasteiger partial charge >= 0.3 is 0 Å². The van der Waals surface area contributed by atoms with Gasteiger partial charge in [0.15, 0.2) is 0 Å². The number of methoxy groups -OCH3 is 1. The molecule has 0 unspecified atom stereocenters. The van der Waals surface area contributed by atoms with Gasteiger partial charge in [-0.25, -0.2) is 0 Å². The van der Waals surface area contributed by atoms with E-state index in [1.54, 1.807) is 31.4 Å². The predicted octanol–water partition coefficient (Wildman–Crippen LogP) is 1.45. The molecule has 0 saturated carbocycles. The summed E-state index contributed by atoms with van der Waals surface area (Å²) in [4.78, 5) is 12.6. The van der Waals surface area contributed by atoms with Crippen molar-refractivity contribution in [3.8, 4) is 5.75 Å². The standard InChI is InChI=1S/C11H9N5O2S/c1-18-8-4-2-3-7(5-8)13-9(17)10-15-16-6-12-14-11(16)19-10/h2-6H,1H3,(H,13,17). The lowest BCUT2D eigenvalue weighted by Gasteiger charge is -2.04. The van der Waals surface area contributed by atoms with E-state index in [0.717, 1.165) is 0 Å². The van der Waals surface area contributed by atoms with Crippen LogP contribution in [-0.4, -0.2) is 32.8 Å². The van der Waals surface area contributed by atoms with Crippen LogP contribution in [0.1, 0.15) is 9.80 Å². The van der Waals surface area contributed by atoms with E-state index < -0.39 is 0 Å². The number of hydrogen-bond acceptors (Lipinski definition) is 6. The Kier molecular flexibility index (Phi) is 2.84. The zero-order valence-corrected chi connectivity index (χ0v) is 10.7. The minimum Gasteiger partial charge on any atom is -0.497 e. The molecule has 0 saturated heterocycles. The highest BCUT2D eigenvalue weighted by atomic mass is 32.1. The molecule has 0 fully saturated rings. The van der Waals surface area contributed by atoms with Crippen LogP contribution in [0.2, 0.25) is 0 Å². The largest absolute Gasteiger partial charge is 0.497 e. The number of hydrogen-bond donors (Lipinski definition) is 1. The number of carbonyl (C=O) groups is 1. The number of nitrogens with zero attached hydrogens (tertiary/aromatic N) is 4. The van der Waals surface area contributed by atoms with Gasteiger partial charge in [0.1, 0.15) is 12.1 Å². The predicted molar refractivity (Wildman–Crippen MR) is 69.6 cm³/mol. The molecular weight excluding hydrogens is 266 g/mol. The maximum atomic E-state index is 12.0. The monoisotopic (exact) mass is 275 g/mol. The molecular formula is C11H9N5O2S. The molecule has 2 aromatic heterocycles. The molecule has 8 heteroatoms. The van der Waals surface area contributed by atoms with Crippen molar-refractivity contribution in [1.82, 2.24) is 19.8 Å². The summed E-state index contributed by atoms with van der Waals surface area (Å²) in [5.41, 5.74) is 0.648. The third-order valence-corrected chi connectivity index (χ3v) is 3.32. The molecule has 3 aromatic rings. The summed E-state index contributed by atoms with van der Waals surface area (Å²) >= 11 is 1.18. The van der Waals surface area contributed by atoms with Gasteiger partial charge in [0, 0.05) is 11.8 Å².